The lowest BCUT2D eigenvalue weighted by Crippen LogP contribution is -2.01. The number of hydrogen-bond acceptors (Lipinski definition) is 3. The Morgan fingerprint density at radius 2 is 1.85 bits per heavy atom. The van der Waals surface area contributed by atoms with Crippen LogP contribution in [-0.2, 0) is 6.54 Å². The molecule has 2 aromatic heterocycles. The van der Waals surface area contributed by atoms with Crippen LogP contribution in [-0.4, -0.2) is 9.97 Å². The zero-order valence-corrected chi connectivity index (χ0v) is 13.8. The number of anilines is 2. The zero-order chi connectivity index (χ0) is 18.1. The molecule has 130 valence electrons. The number of nitrogens with zero attached hydrogens (tertiary/aromatic N) is 1. The maximum absolute atomic E-state index is 13.3. The summed E-state index contributed by atoms with van der Waals surface area (Å²) in [5.41, 5.74) is 10.6. The third kappa shape index (κ3) is 3.21. The van der Waals surface area contributed by atoms with Gasteiger partial charge in [-0.1, -0.05) is 12.1 Å². The third-order valence-corrected chi connectivity index (χ3v) is 4.15. The summed E-state index contributed by atoms with van der Waals surface area (Å²) in [5, 5.41) is 4.09. The van der Waals surface area contributed by atoms with Gasteiger partial charge in [0.2, 0.25) is 0 Å². The molecule has 4 aromatic rings. The fourth-order valence-corrected chi connectivity index (χ4v) is 2.96. The molecule has 0 amide bonds. The van der Waals surface area contributed by atoms with Gasteiger partial charge in [0.1, 0.15) is 17.3 Å². The second kappa shape index (κ2) is 6.48. The number of nitrogen functional groups attached to an aromatic ring is 1. The van der Waals surface area contributed by atoms with Crippen molar-refractivity contribution in [3.8, 4) is 11.1 Å². The molecule has 6 heteroatoms. The summed E-state index contributed by atoms with van der Waals surface area (Å²) in [6.07, 6.45) is 3.57. The number of nitrogens with two attached hydrogens (primary N) is 1. The fraction of sp³-hybridized carbons (Fsp3) is 0.0500. The number of nitrogens with one attached hydrogen (secondary N) is 2. The molecule has 0 aliphatic carbocycles. The van der Waals surface area contributed by atoms with E-state index in [-0.39, 0.29) is 0 Å². The van der Waals surface area contributed by atoms with Crippen molar-refractivity contribution in [2.75, 3.05) is 11.1 Å². The average Bonchev–Trinajstić information content (AvgIpc) is 3.02. The lowest BCUT2D eigenvalue weighted by Gasteiger charge is -2.08. The molecule has 26 heavy (non-hydrogen) atoms. The van der Waals surface area contributed by atoms with Crippen molar-refractivity contribution in [1.82, 2.24) is 9.97 Å². The molecule has 0 saturated carbocycles. The monoisotopic (exact) mass is 350 g/mol. The highest BCUT2D eigenvalue weighted by Gasteiger charge is 2.09. The number of halogens is 2. The maximum atomic E-state index is 13.3. The summed E-state index contributed by atoms with van der Waals surface area (Å²) >= 11 is 0. The molecule has 0 radical (unpaired) electrons. The predicted octanol–water partition coefficient (Wildman–Crippen LogP) is 4.70. The van der Waals surface area contributed by atoms with Crippen molar-refractivity contribution < 1.29 is 8.78 Å². The first-order valence-electron chi connectivity index (χ1n) is 8.10. The average molecular weight is 350 g/mol. The number of hydrogen-bond donors (Lipinski definition) is 3. The number of rotatable bonds is 4. The van der Waals surface area contributed by atoms with Crippen molar-refractivity contribution in [2.45, 2.75) is 6.54 Å². The van der Waals surface area contributed by atoms with Crippen molar-refractivity contribution in [3.05, 3.63) is 78.1 Å². The van der Waals surface area contributed by atoms with Crippen molar-refractivity contribution in [2.24, 2.45) is 0 Å². The largest absolute Gasteiger partial charge is 0.399 e. The van der Waals surface area contributed by atoms with Crippen molar-refractivity contribution in [3.63, 3.8) is 0 Å². The van der Waals surface area contributed by atoms with Gasteiger partial charge in [0.25, 0.3) is 0 Å². The second-order valence-electron chi connectivity index (χ2n) is 6.08. The maximum Gasteiger partial charge on any atom is 0.138 e. The highest BCUT2D eigenvalue weighted by molar-refractivity contribution is 5.95. The molecule has 0 aliphatic rings. The first kappa shape index (κ1) is 16.1. The third-order valence-electron chi connectivity index (χ3n) is 4.15. The topological polar surface area (TPSA) is 66.7 Å². The normalized spacial score (nSPS) is 11.0. The van der Waals surface area contributed by atoms with Gasteiger partial charge in [-0.2, -0.15) is 0 Å². The summed E-state index contributed by atoms with van der Waals surface area (Å²) in [6.45, 7) is 0.292. The van der Waals surface area contributed by atoms with E-state index in [1.807, 2.05) is 36.5 Å². The predicted molar refractivity (Wildman–Crippen MR) is 99.6 cm³/mol. The van der Waals surface area contributed by atoms with Crippen LogP contribution in [0, 0.1) is 11.6 Å². The van der Waals surface area contributed by atoms with Crippen LogP contribution in [0.4, 0.5) is 20.2 Å². The molecule has 0 bridgehead atoms. The molecule has 0 fully saturated rings. The van der Waals surface area contributed by atoms with Crippen LogP contribution in [0.5, 0.6) is 0 Å². The van der Waals surface area contributed by atoms with E-state index in [1.165, 1.54) is 12.1 Å². The lowest BCUT2D eigenvalue weighted by molar-refractivity contribution is 0.580. The first-order valence-corrected chi connectivity index (χ1v) is 8.10. The Kier molecular flexibility index (Phi) is 4.01. The summed E-state index contributed by atoms with van der Waals surface area (Å²) in [4.78, 5) is 7.54. The molecule has 0 unspecified atom stereocenters. The molecule has 0 atom stereocenters. The number of H-pyrrole nitrogens is 1. The van der Waals surface area contributed by atoms with E-state index in [4.69, 9.17) is 5.73 Å². The van der Waals surface area contributed by atoms with E-state index in [1.54, 1.807) is 6.20 Å². The number of pyridine rings is 1. The Morgan fingerprint density at radius 1 is 1.04 bits per heavy atom. The van der Waals surface area contributed by atoms with Gasteiger partial charge in [-0.3, -0.25) is 0 Å². The van der Waals surface area contributed by atoms with Gasteiger partial charge < -0.3 is 16.0 Å². The Hall–Kier alpha value is -3.41. The molecule has 4 nitrogen and oxygen atoms in total. The molecule has 0 spiro atoms. The van der Waals surface area contributed by atoms with Gasteiger partial charge in [0.05, 0.1) is 11.9 Å². The number of aromatic amines is 1. The molecular weight excluding hydrogens is 334 g/mol. The highest BCUT2D eigenvalue weighted by atomic mass is 19.1. The van der Waals surface area contributed by atoms with Crippen LogP contribution < -0.4 is 11.1 Å². The van der Waals surface area contributed by atoms with Gasteiger partial charge in [-0.25, -0.2) is 13.8 Å². The van der Waals surface area contributed by atoms with Gasteiger partial charge in [0, 0.05) is 35.4 Å². The fourth-order valence-electron chi connectivity index (χ4n) is 2.96. The number of aromatic nitrogens is 2. The number of fused-ring (bicyclic) bond motifs is 1. The number of benzene rings is 2. The minimum atomic E-state index is -0.593. The Balaban J connectivity index is 1.63. The van der Waals surface area contributed by atoms with Crippen LogP contribution in [0.25, 0.3) is 22.2 Å². The Bertz CT molecular complexity index is 1070. The van der Waals surface area contributed by atoms with E-state index in [0.29, 0.717) is 17.8 Å². The highest BCUT2D eigenvalue weighted by Crippen LogP contribution is 2.30. The van der Waals surface area contributed by atoms with Gasteiger partial charge in [0.15, 0.2) is 0 Å². The van der Waals surface area contributed by atoms with Crippen LogP contribution in [0.1, 0.15) is 5.56 Å². The van der Waals surface area contributed by atoms with E-state index in [0.717, 1.165) is 33.9 Å². The molecule has 2 heterocycles. The van der Waals surface area contributed by atoms with Crippen LogP contribution >= 0.6 is 0 Å². The minimum absolute atomic E-state index is 0.292. The van der Waals surface area contributed by atoms with E-state index < -0.39 is 11.6 Å². The van der Waals surface area contributed by atoms with E-state index in [2.05, 4.69) is 15.3 Å². The van der Waals surface area contributed by atoms with Crippen molar-refractivity contribution in [1.29, 1.82) is 0 Å². The molecule has 4 rings (SSSR count). The molecule has 4 N–H and O–H groups in total. The second-order valence-corrected chi connectivity index (χ2v) is 6.08. The molecule has 0 saturated heterocycles. The van der Waals surface area contributed by atoms with Crippen LogP contribution in [0.2, 0.25) is 0 Å². The quantitative estimate of drug-likeness (QED) is 0.467. The summed E-state index contributed by atoms with van der Waals surface area (Å²) in [5.74, 6) is -1.19. The summed E-state index contributed by atoms with van der Waals surface area (Å²) in [6, 6.07) is 13.0. The lowest BCUT2D eigenvalue weighted by atomic mass is 10.1. The van der Waals surface area contributed by atoms with Crippen molar-refractivity contribution >= 4 is 22.4 Å². The zero-order valence-electron chi connectivity index (χ0n) is 13.8. The summed E-state index contributed by atoms with van der Waals surface area (Å²) < 4.78 is 26.6. The van der Waals surface area contributed by atoms with E-state index in [9.17, 15) is 8.78 Å². The minimum Gasteiger partial charge on any atom is -0.399 e. The van der Waals surface area contributed by atoms with Gasteiger partial charge >= 0.3 is 0 Å². The molecular formula is C20H16F2N4. The SMILES string of the molecule is Nc1cccc(-c2c[nH]c3ncc(NCc4cc(F)cc(F)c4)cc23)c1. The Morgan fingerprint density at radius 3 is 2.62 bits per heavy atom. The van der Waals surface area contributed by atoms with E-state index >= 15 is 0 Å². The Labute approximate surface area is 148 Å². The molecule has 2 aromatic carbocycles. The smallest absolute Gasteiger partial charge is 0.138 e. The van der Waals surface area contributed by atoms with Crippen LogP contribution in [0.3, 0.4) is 0 Å². The van der Waals surface area contributed by atoms with Gasteiger partial charge in [-0.15, -0.1) is 0 Å². The first-order chi connectivity index (χ1) is 12.6. The van der Waals surface area contributed by atoms with Crippen LogP contribution in [0.15, 0.2) is 60.9 Å². The standard InChI is InChI=1S/C20H16F2N4/c21-14-4-12(5-15(22)7-14)9-24-17-8-18-19(11-26-20(18)25-10-17)13-2-1-3-16(23)6-13/h1-8,10-11,24H,9,23H2,(H,25,26). The summed E-state index contributed by atoms with van der Waals surface area (Å²) in [7, 11) is 0. The van der Waals surface area contributed by atoms with Gasteiger partial charge in [-0.05, 0) is 41.5 Å². The molecule has 0 aliphatic heterocycles.